The summed E-state index contributed by atoms with van der Waals surface area (Å²) in [7, 11) is 0. The first-order chi connectivity index (χ1) is 9.90. The number of hydrogen-bond acceptors (Lipinski definition) is 4. The highest BCUT2D eigenvalue weighted by atomic mass is 19.4. The lowest BCUT2D eigenvalue weighted by Gasteiger charge is -2.38. The van der Waals surface area contributed by atoms with Gasteiger partial charge in [-0.2, -0.15) is 13.2 Å². The Morgan fingerprint density at radius 2 is 1.76 bits per heavy atom. The second-order valence-corrected chi connectivity index (χ2v) is 5.12. The van der Waals surface area contributed by atoms with E-state index >= 15 is 0 Å². The van der Waals surface area contributed by atoms with Gasteiger partial charge in [-0.1, -0.05) is 0 Å². The minimum absolute atomic E-state index is 0.239. The Hall–Kier alpha value is -1.41. The number of aromatic nitrogens is 1. The van der Waals surface area contributed by atoms with Crippen molar-refractivity contribution in [3.05, 3.63) is 23.6 Å². The summed E-state index contributed by atoms with van der Waals surface area (Å²) in [4.78, 5) is 5.13. The van der Waals surface area contributed by atoms with Gasteiger partial charge in [0.15, 0.2) is 5.79 Å². The molecule has 8 heteroatoms. The van der Waals surface area contributed by atoms with Crippen molar-refractivity contribution in [3.63, 3.8) is 0 Å². The molecule has 0 N–H and O–H groups in total. The van der Waals surface area contributed by atoms with Crippen molar-refractivity contribution in [1.29, 1.82) is 0 Å². The Balaban J connectivity index is 1.82. The van der Waals surface area contributed by atoms with Crippen molar-refractivity contribution in [2.45, 2.75) is 24.8 Å². The molecule has 2 saturated heterocycles. The van der Waals surface area contributed by atoms with Crippen molar-refractivity contribution in [2.75, 3.05) is 31.2 Å². The second kappa shape index (κ2) is 5.10. The summed E-state index contributed by atoms with van der Waals surface area (Å²) >= 11 is 0. The van der Waals surface area contributed by atoms with E-state index in [1.54, 1.807) is 0 Å². The number of hydrogen-bond donors (Lipinski definition) is 0. The van der Waals surface area contributed by atoms with Gasteiger partial charge in [-0.3, -0.25) is 0 Å². The maximum Gasteiger partial charge on any atom is 0.420 e. The maximum absolute atomic E-state index is 13.1. The van der Waals surface area contributed by atoms with Gasteiger partial charge < -0.3 is 14.4 Å². The number of anilines is 1. The zero-order valence-electron chi connectivity index (χ0n) is 11.1. The zero-order chi connectivity index (χ0) is 15.1. The number of ether oxygens (including phenoxy) is 2. The van der Waals surface area contributed by atoms with Crippen molar-refractivity contribution in [1.82, 2.24) is 4.98 Å². The summed E-state index contributed by atoms with van der Waals surface area (Å²) < 4.78 is 63.1. The van der Waals surface area contributed by atoms with Crippen LogP contribution >= 0.6 is 0 Å². The lowest BCUT2D eigenvalue weighted by Crippen LogP contribution is -2.46. The molecule has 1 spiro atoms. The van der Waals surface area contributed by atoms with E-state index in [9.17, 15) is 17.6 Å². The SMILES string of the molecule is Fc1cnc(N2CCC3(CC2)OCCO3)c(C(F)(F)F)c1. The number of alkyl halides is 3. The third-order valence-corrected chi connectivity index (χ3v) is 3.78. The average Bonchev–Trinajstić information content (AvgIpc) is 2.87. The first-order valence-electron chi connectivity index (χ1n) is 6.65. The van der Waals surface area contributed by atoms with E-state index in [1.165, 1.54) is 4.90 Å². The molecule has 0 radical (unpaired) electrons. The zero-order valence-corrected chi connectivity index (χ0v) is 11.1. The molecular formula is C13H14F4N2O2. The summed E-state index contributed by atoms with van der Waals surface area (Å²) in [6.07, 6.45) is -2.91. The molecule has 0 saturated carbocycles. The Labute approximate surface area is 118 Å². The van der Waals surface area contributed by atoms with Crippen molar-refractivity contribution in [3.8, 4) is 0 Å². The number of pyridine rings is 1. The molecule has 0 atom stereocenters. The Morgan fingerprint density at radius 1 is 1.14 bits per heavy atom. The Bertz CT molecular complexity index is 519. The third-order valence-electron chi connectivity index (χ3n) is 3.78. The van der Waals surface area contributed by atoms with Crippen LogP contribution in [-0.4, -0.2) is 37.1 Å². The molecular weight excluding hydrogens is 292 g/mol. The van der Waals surface area contributed by atoms with Crippen molar-refractivity contribution < 1.29 is 27.0 Å². The predicted molar refractivity (Wildman–Crippen MR) is 65.3 cm³/mol. The van der Waals surface area contributed by atoms with Crippen molar-refractivity contribution in [2.24, 2.45) is 0 Å². The highest BCUT2D eigenvalue weighted by Gasteiger charge is 2.42. The Kier molecular flexibility index (Phi) is 3.53. The van der Waals surface area contributed by atoms with Crippen LogP contribution in [0, 0.1) is 5.82 Å². The van der Waals surface area contributed by atoms with Gasteiger partial charge in [-0.05, 0) is 6.07 Å². The molecule has 0 bridgehead atoms. The highest BCUT2D eigenvalue weighted by Crippen LogP contribution is 2.38. The van der Waals surface area contributed by atoms with Crippen LogP contribution in [0.25, 0.3) is 0 Å². The smallest absolute Gasteiger partial charge is 0.356 e. The Morgan fingerprint density at radius 3 is 2.33 bits per heavy atom. The van der Waals surface area contributed by atoms with E-state index in [0.29, 0.717) is 45.2 Å². The monoisotopic (exact) mass is 306 g/mol. The van der Waals surface area contributed by atoms with Gasteiger partial charge in [-0.25, -0.2) is 9.37 Å². The fraction of sp³-hybridized carbons (Fsp3) is 0.615. The van der Waals surface area contributed by atoms with Crippen LogP contribution in [0.1, 0.15) is 18.4 Å². The van der Waals surface area contributed by atoms with Gasteiger partial charge in [0.25, 0.3) is 0 Å². The van der Waals surface area contributed by atoms with Crippen LogP contribution < -0.4 is 4.90 Å². The molecule has 0 aliphatic carbocycles. The predicted octanol–water partition coefficient (Wildman–Crippen LogP) is 2.58. The molecule has 2 aliphatic rings. The topological polar surface area (TPSA) is 34.6 Å². The van der Waals surface area contributed by atoms with Gasteiger partial charge in [0.2, 0.25) is 0 Å². The average molecular weight is 306 g/mol. The third kappa shape index (κ3) is 2.82. The van der Waals surface area contributed by atoms with Gasteiger partial charge in [0.1, 0.15) is 17.2 Å². The van der Waals surface area contributed by atoms with Gasteiger partial charge >= 0.3 is 6.18 Å². The second-order valence-electron chi connectivity index (χ2n) is 5.12. The molecule has 0 unspecified atom stereocenters. The van der Waals surface area contributed by atoms with Crippen LogP contribution in [-0.2, 0) is 15.7 Å². The molecule has 2 aliphatic heterocycles. The highest BCUT2D eigenvalue weighted by molar-refractivity contribution is 5.49. The molecule has 4 nitrogen and oxygen atoms in total. The fourth-order valence-electron chi connectivity index (χ4n) is 2.74. The molecule has 116 valence electrons. The molecule has 1 aromatic rings. The van der Waals surface area contributed by atoms with Crippen LogP contribution in [0.5, 0.6) is 0 Å². The van der Waals surface area contributed by atoms with Gasteiger partial charge in [0.05, 0.1) is 19.4 Å². The van der Waals surface area contributed by atoms with E-state index in [0.717, 1.165) is 6.20 Å². The molecule has 0 aromatic carbocycles. The largest absolute Gasteiger partial charge is 0.420 e. The molecule has 21 heavy (non-hydrogen) atoms. The maximum atomic E-state index is 13.1. The summed E-state index contributed by atoms with van der Waals surface area (Å²) in [5.74, 6) is -1.91. The molecule has 0 amide bonds. The van der Waals surface area contributed by atoms with Crippen molar-refractivity contribution >= 4 is 5.82 Å². The molecule has 2 fully saturated rings. The van der Waals surface area contributed by atoms with Crippen LogP contribution in [0.4, 0.5) is 23.4 Å². The van der Waals surface area contributed by atoms with Crippen LogP contribution in [0.3, 0.4) is 0 Å². The summed E-state index contributed by atoms with van der Waals surface area (Å²) in [6, 6.07) is 0.481. The molecule has 3 heterocycles. The summed E-state index contributed by atoms with van der Waals surface area (Å²) in [5.41, 5.74) is -1.05. The molecule has 3 rings (SSSR count). The van der Waals surface area contributed by atoms with Gasteiger partial charge in [-0.15, -0.1) is 0 Å². The first kappa shape index (κ1) is 14.5. The minimum Gasteiger partial charge on any atom is -0.356 e. The van der Waals surface area contributed by atoms with E-state index in [1.807, 2.05) is 0 Å². The van der Waals surface area contributed by atoms with Gasteiger partial charge in [0, 0.05) is 25.9 Å². The number of halogens is 4. The lowest BCUT2D eigenvalue weighted by atomic mass is 10.0. The van der Waals surface area contributed by atoms with E-state index in [-0.39, 0.29) is 5.82 Å². The first-order valence-corrected chi connectivity index (χ1v) is 6.65. The number of rotatable bonds is 1. The fourth-order valence-corrected chi connectivity index (χ4v) is 2.74. The molecule has 1 aromatic heterocycles. The normalized spacial score (nSPS) is 22.0. The summed E-state index contributed by atoms with van der Waals surface area (Å²) in [6.45, 7) is 1.65. The van der Waals surface area contributed by atoms with E-state index < -0.39 is 23.3 Å². The quantitative estimate of drug-likeness (QED) is 0.747. The van der Waals surface area contributed by atoms with E-state index in [2.05, 4.69) is 4.98 Å². The van der Waals surface area contributed by atoms with Crippen LogP contribution in [0.2, 0.25) is 0 Å². The summed E-state index contributed by atoms with van der Waals surface area (Å²) in [5, 5.41) is 0. The van der Waals surface area contributed by atoms with Crippen LogP contribution in [0.15, 0.2) is 12.3 Å². The lowest BCUT2D eigenvalue weighted by molar-refractivity contribution is -0.169. The number of nitrogens with zero attached hydrogens (tertiary/aromatic N) is 2. The number of piperidine rings is 1. The van der Waals surface area contributed by atoms with E-state index in [4.69, 9.17) is 9.47 Å². The minimum atomic E-state index is -4.64. The standard InChI is InChI=1S/C13H14F4N2O2/c14-9-7-10(13(15,16)17)11(18-8-9)19-3-1-12(2-4-19)20-5-6-21-12/h7-8H,1-6H2.